The summed E-state index contributed by atoms with van der Waals surface area (Å²) in [6.07, 6.45) is -3.11. The minimum Gasteiger partial charge on any atom is -0.466 e. The number of hydrogen-bond donors (Lipinski definition) is 0. The Labute approximate surface area is 111 Å². The molecule has 0 saturated carbocycles. The molecule has 0 radical (unpaired) electrons. The van der Waals surface area contributed by atoms with E-state index in [1.165, 1.54) is 13.0 Å². The van der Waals surface area contributed by atoms with Crippen LogP contribution in [-0.4, -0.2) is 22.5 Å². The normalized spacial score (nSPS) is 10.2. The number of nitrogens with zero attached hydrogens (tertiary/aromatic N) is 3. The van der Waals surface area contributed by atoms with Crippen molar-refractivity contribution >= 4 is 11.7 Å². The van der Waals surface area contributed by atoms with Gasteiger partial charge in [-0.2, -0.15) is 5.26 Å². The van der Waals surface area contributed by atoms with Crippen LogP contribution >= 0.6 is 0 Å². The second kappa shape index (κ2) is 6.51. The highest BCUT2D eigenvalue weighted by Crippen LogP contribution is 2.29. The maximum atomic E-state index is 12.7. The number of hydrogen-bond acceptors (Lipinski definition) is 6. The van der Waals surface area contributed by atoms with Crippen LogP contribution < -0.4 is 0 Å². The number of carbonyl (C=O) groups excluding carboxylic acids is 1. The molecule has 0 fully saturated rings. The maximum Gasteiger partial charge on any atom is 0.310 e. The fourth-order valence-corrected chi connectivity index (χ4v) is 1.54. The van der Waals surface area contributed by atoms with Crippen molar-refractivity contribution in [2.75, 3.05) is 6.61 Å². The van der Waals surface area contributed by atoms with E-state index in [1.54, 1.807) is 0 Å². The van der Waals surface area contributed by atoms with Crippen LogP contribution in [0.25, 0.3) is 0 Å². The zero-order valence-electron chi connectivity index (χ0n) is 10.3. The number of aromatic nitrogens is 1. The molecule has 20 heavy (non-hydrogen) atoms. The molecule has 0 amide bonds. The fraction of sp³-hybridized carbons (Fsp3) is 0.364. The van der Waals surface area contributed by atoms with Crippen molar-refractivity contribution in [1.29, 1.82) is 5.26 Å². The number of nitriles is 1. The molecule has 0 unspecified atom stereocenters. The largest absolute Gasteiger partial charge is 0.466 e. The summed E-state index contributed by atoms with van der Waals surface area (Å²) in [5.41, 5.74) is -2.64. The van der Waals surface area contributed by atoms with Gasteiger partial charge in [-0.1, -0.05) is 0 Å². The van der Waals surface area contributed by atoms with Crippen molar-refractivity contribution in [3.8, 4) is 6.07 Å². The van der Waals surface area contributed by atoms with Gasteiger partial charge in [0.2, 0.25) is 0 Å². The van der Waals surface area contributed by atoms with Crippen molar-refractivity contribution < 1.29 is 23.2 Å². The molecule has 9 heteroatoms. The standard InChI is InChI=1S/C11H9F2N3O4/c1-2-20-9(17)3-6-7(4-14)10(11(12)13)15-5-8(6)16(18)19/h5,11H,2-3H2,1H3. The number of carbonyl (C=O) groups is 1. The summed E-state index contributed by atoms with van der Waals surface area (Å²) in [5.74, 6) is -0.849. The van der Waals surface area contributed by atoms with Crippen LogP contribution in [0.2, 0.25) is 0 Å². The third kappa shape index (κ3) is 3.23. The summed E-state index contributed by atoms with van der Waals surface area (Å²) in [4.78, 5) is 24.5. The first kappa shape index (κ1) is 15.4. The quantitative estimate of drug-likeness (QED) is 0.464. The number of ether oxygens (including phenoxy) is 1. The lowest BCUT2D eigenvalue weighted by Crippen LogP contribution is -2.13. The van der Waals surface area contributed by atoms with Gasteiger partial charge in [-0.25, -0.2) is 13.8 Å². The average Bonchev–Trinajstić information content (AvgIpc) is 2.37. The Hall–Kier alpha value is -2.63. The molecule has 0 aliphatic heterocycles. The molecule has 1 aromatic rings. The van der Waals surface area contributed by atoms with Crippen molar-refractivity contribution in [3.05, 3.63) is 33.1 Å². The van der Waals surface area contributed by atoms with Crippen LogP contribution in [0.1, 0.15) is 30.2 Å². The molecular formula is C11H9F2N3O4. The van der Waals surface area contributed by atoms with Crippen molar-refractivity contribution in [1.82, 2.24) is 4.98 Å². The smallest absolute Gasteiger partial charge is 0.310 e. The fourth-order valence-electron chi connectivity index (χ4n) is 1.54. The lowest BCUT2D eigenvalue weighted by atomic mass is 10.0. The van der Waals surface area contributed by atoms with Crippen molar-refractivity contribution in [2.24, 2.45) is 0 Å². The van der Waals surface area contributed by atoms with Gasteiger partial charge in [-0.3, -0.25) is 14.9 Å². The highest BCUT2D eigenvalue weighted by Gasteiger charge is 2.27. The van der Waals surface area contributed by atoms with E-state index in [4.69, 9.17) is 5.26 Å². The Bertz CT molecular complexity index is 584. The Morgan fingerprint density at radius 1 is 1.65 bits per heavy atom. The zero-order valence-corrected chi connectivity index (χ0v) is 10.3. The van der Waals surface area contributed by atoms with Gasteiger partial charge in [-0.15, -0.1) is 0 Å². The number of rotatable bonds is 5. The highest BCUT2D eigenvalue weighted by molar-refractivity contribution is 5.75. The van der Waals surface area contributed by atoms with Crippen LogP contribution in [0, 0.1) is 21.4 Å². The van der Waals surface area contributed by atoms with Crippen LogP contribution in [0.4, 0.5) is 14.5 Å². The number of halogens is 2. The predicted molar refractivity (Wildman–Crippen MR) is 60.9 cm³/mol. The summed E-state index contributed by atoms with van der Waals surface area (Å²) in [5, 5.41) is 19.7. The molecule has 1 rings (SSSR count). The number of pyridine rings is 1. The number of esters is 1. The molecule has 106 valence electrons. The average molecular weight is 285 g/mol. The van der Waals surface area contributed by atoms with E-state index in [9.17, 15) is 23.7 Å². The minimum absolute atomic E-state index is 0.0291. The Morgan fingerprint density at radius 2 is 2.30 bits per heavy atom. The Kier molecular flexibility index (Phi) is 5.02. The molecule has 1 aromatic heterocycles. The van der Waals surface area contributed by atoms with Gasteiger partial charge >= 0.3 is 5.97 Å². The Morgan fingerprint density at radius 3 is 2.75 bits per heavy atom. The second-order valence-corrected chi connectivity index (χ2v) is 3.53. The minimum atomic E-state index is -3.08. The molecule has 0 spiro atoms. The van der Waals surface area contributed by atoms with Gasteiger partial charge in [0.1, 0.15) is 18.0 Å². The van der Waals surface area contributed by atoms with Crippen LogP contribution in [0.5, 0.6) is 0 Å². The van der Waals surface area contributed by atoms with Gasteiger partial charge < -0.3 is 4.74 Å². The summed E-state index contributed by atoms with van der Waals surface area (Å²) in [6.45, 7) is 1.55. The summed E-state index contributed by atoms with van der Waals surface area (Å²) in [6, 6.07) is 1.43. The molecule has 0 bridgehead atoms. The van der Waals surface area contributed by atoms with Crippen molar-refractivity contribution in [2.45, 2.75) is 19.8 Å². The van der Waals surface area contributed by atoms with Crippen LogP contribution in [0.15, 0.2) is 6.20 Å². The lowest BCUT2D eigenvalue weighted by Gasteiger charge is -2.08. The van der Waals surface area contributed by atoms with Crippen LogP contribution in [0.3, 0.4) is 0 Å². The molecule has 7 nitrogen and oxygen atoms in total. The molecule has 1 heterocycles. The molecule has 0 N–H and O–H groups in total. The SMILES string of the molecule is CCOC(=O)Cc1c([N+](=O)[O-])cnc(C(F)F)c1C#N. The summed E-state index contributed by atoms with van der Waals surface area (Å²) < 4.78 is 30.0. The summed E-state index contributed by atoms with van der Waals surface area (Å²) >= 11 is 0. The zero-order chi connectivity index (χ0) is 15.3. The van der Waals surface area contributed by atoms with E-state index in [2.05, 4.69) is 9.72 Å². The first-order valence-corrected chi connectivity index (χ1v) is 5.42. The van der Waals surface area contributed by atoms with Gasteiger partial charge in [0.05, 0.1) is 29.1 Å². The van der Waals surface area contributed by atoms with Gasteiger partial charge in [0.15, 0.2) is 0 Å². The lowest BCUT2D eigenvalue weighted by molar-refractivity contribution is -0.385. The topological polar surface area (TPSA) is 106 Å². The van der Waals surface area contributed by atoms with E-state index in [0.717, 1.165) is 0 Å². The first-order chi connectivity index (χ1) is 9.42. The highest BCUT2D eigenvalue weighted by atomic mass is 19.3. The third-order valence-corrected chi connectivity index (χ3v) is 2.33. The number of nitro groups is 1. The van der Waals surface area contributed by atoms with E-state index in [0.29, 0.717) is 6.20 Å². The monoisotopic (exact) mass is 285 g/mol. The van der Waals surface area contributed by atoms with Gasteiger partial charge in [-0.05, 0) is 6.92 Å². The molecule has 0 saturated heterocycles. The Balaban J connectivity index is 3.42. The summed E-state index contributed by atoms with van der Waals surface area (Å²) in [7, 11) is 0. The van der Waals surface area contributed by atoms with Gasteiger partial charge in [0.25, 0.3) is 12.1 Å². The molecule has 0 atom stereocenters. The van der Waals surface area contributed by atoms with Gasteiger partial charge in [0, 0.05) is 0 Å². The predicted octanol–water partition coefficient (Wildman–Crippen LogP) is 1.90. The molecule has 0 aliphatic rings. The van der Waals surface area contributed by atoms with Crippen molar-refractivity contribution in [3.63, 3.8) is 0 Å². The molecule has 0 aromatic carbocycles. The van der Waals surface area contributed by atoms with Crippen LogP contribution in [-0.2, 0) is 16.0 Å². The van der Waals surface area contributed by atoms with E-state index in [1.807, 2.05) is 0 Å². The third-order valence-electron chi connectivity index (χ3n) is 2.33. The number of alkyl halides is 2. The van der Waals surface area contributed by atoms with E-state index < -0.39 is 46.2 Å². The molecule has 0 aliphatic carbocycles. The van der Waals surface area contributed by atoms with E-state index >= 15 is 0 Å². The maximum absolute atomic E-state index is 12.7. The molecular weight excluding hydrogens is 276 g/mol. The first-order valence-electron chi connectivity index (χ1n) is 5.42. The second-order valence-electron chi connectivity index (χ2n) is 3.53. The van der Waals surface area contributed by atoms with E-state index in [-0.39, 0.29) is 6.61 Å².